The molecule has 1 aromatic rings. The van der Waals surface area contributed by atoms with Crippen LogP contribution in [0.5, 0.6) is 11.5 Å². The highest BCUT2D eigenvalue weighted by atomic mass is 16.5. The van der Waals surface area contributed by atoms with E-state index in [9.17, 15) is 0 Å². The van der Waals surface area contributed by atoms with Crippen molar-refractivity contribution in [2.45, 2.75) is 31.7 Å². The highest BCUT2D eigenvalue weighted by Crippen LogP contribution is 2.40. The fourth-order valence-corrected chi connectivity index (χ4v) is 3.45. The Labute approximate surface area is 108 Å². The van der Waals surface area contributed by atoms with Crippen molar-refractivity contribution in [3.63, 3.8) is 0 Å². The Bertz CT molecular complexity index is 444. The van der Waals surface area contributed by atoms with E-state index in [-0.39, 0.29) is 0 Å². The maximum atomic E-state index is 5.57. The van der Waals surface area contributed by atoms with E-state index >= 15 is 0 Å². The van der Waals surface area contributed by atoms with E-state index in [1.807, 2.05) is 6.07 Å². The number of benzene rings is 1. The lowest BCUT2D eigenvalue weighted by atomic mass is 9.76. The van der Waals surface area contributed by atoms with Gasteiger partial charge >= 0.3 is 0 Å². The van der Waals surface area contributed by atoms with Crippen molar-refractivity contribution in [3.05, 3.63) is 23.3 Å². The fourth-order valence-electron chi connectivity index (χ4n) is 3.45. The second kappa shape index (κ2) is 4.81. The van der Waals surface area contributed by atoms with Gasteiger partial charge in [-0.05, 0) is 49.8 Å². The van der Waals surface area contributed by atoms with Gasteiger partial charge in [0, 0.05) is 11.6 Å². The van der Waals surface area contributed by atoms with Crippen LogP contribution in [0.3, 0.4) is 0 Å². The molecule has 2 atom stereocenters. The Morgan fingerprint density at radius 2 is 2.06 bits per heavy atom. The third-order valence-corrected chi connectivity index (χ3v) is 4.38. The normalized spacial score (nSPS) is 26.1. The highest BCUT2D eigenvalue weighted by Gasteiger charge is 2.32. The zero-order valence-electron chi connectivity index (χ0n) is 11.2. The number of hydrogen-bond acceptors (Lipinski definition) is 3. The maximum absolute atomic E-state index is 5.57. The summed E-state index contributed by atoms with van der Waals surface area (Å²) >= 11 is 0. The Morgan fingerprint density at radius 1 is 1.17 bits per heavy atom. The summed E-state index contributed by atoms with van der Waals surface area (Å²) in [6.07, 6.45) is 4.87. The second-order valence-corrected chi connectivity index (χ2v) is 5.31. The van der Waals surface area contributed by atoms with Crippen LogP contribution in [-0.4, -0.2) is 26.8 Å². The number of hydrogen-bond donors (Lipinski definition) is 1. The molecule has 1 heterocycles. The zero-order chi connectivity index (χ0) is 12.5. The van der Waals surface area contributed by atoms with Gasteiger partial charge in [-0.2, -0.15) is 0 Å². The van der Waals surface area contributed by atoms with Crippen LogP contribution in [0, 0.1) is 5.92 Å². The van der Waals surface area contributed by atoms with Crippen LogP contribution in [0.4, 0.5) is 0 Å². The van der Waals surface area contributed by atoms with Gasteiger partial charge in [0.1, 0.15) is 0 Å². The van der Waals surface area contributed by atoms with E-state index in [4.69, 9.17) is 9.47 Å². The minimum absolute atomic E-state index is 0.657. The first-order valence-electron chi connectivity index (χ1n) is 6.79. The summed E-state index contributed by atoms with van der Waals surface area (Å²) < 4.78 is 11.0. The first-order valence-corrected chi connectivity index (χ1v) is 6.79. The molecule has 1 fully saturated rings. The van der Waals surface area contributed by atoms with E-state index in [0.29, 0.717) is 6.04 Å². The SMILES string of the molecule is COc1ccc2c(c1OC)C[C@H]1CCCN[C@@H]1C2. The summed E-state index contributed by atoms with van der Waals surface area (Å²) in [7, 11) is 3.45. The molecule has 0 bridgehead atoms. The zero-order valence-corrected chi connectivity index (χ0v) is 11.2. The molecule has 0 saturated carbocycles. The largest absolute Gasteiger partial charge is 0.493 e. The number of fused-ring (bicyclic) bond motifs is 2. The number of nitrogens with one attached hydrogen (secondary N) is 1. The van der Waals surface area contributed by atoms with Gasteiger partial charge in [0.2, 0.25) is 0 Å². The Kier molecular flexibility index (Phi) is 3.16. The van der Waals surface area contributed by atoms with E-state index in [0.717, 1.165) is 30.3 Å². The van der Waals surface area contributed by atoms with Crippen molar-refractivity contribution >= 4 is 0 Å². The molecule has 1 N–H and O–H groups in total. The van der Waals surface area contributed by atoms with E-state index in [2.05, 4.69) is 11.4 Å². The van der Waals surface area contributed by atoms with Crippen LogP contribution in [0.2, 0.25) is 0 Å². The number of ether oxygens (including phenoxy) is 2. The van der Waals surface area contributed by atoms with Crippen LogP contribution in [0.25, 0.3) is 0 Å². The predicted molar refractivity (Wildman–Crippen MR) is 71.5 cm³/mol. The molecule has 98 valence electrons. The van der Waals surface area contributed by atoms with Gasteiger partial charge in [0.05, 0.1) is 14.2 Å². The Morgan fingerprint density at radius 3 is 2.83 bits per heavy atom. The topological polar surface area (TPSA) is 30.5 Å². The summed E-state index contributed by atoms with van der Waals surface area (Å²) in [5, 5.41) is 3.66. The van der Waals surface area contributed by atoms with E-state index in [1.54, 1.807) is 14.2 Å². The average Bonchev–Trinajstić information content (AvgIpc) is 2.43. The molecule has 3 heteroatoms. The quantitative estimate of drug-likeness (QED) is 0.869. The summed E-state index contributed by atoms with van der Waals surface area (Å²) in [4.78, 5) is 0. The molecule has 3 nitrogen and oxygen atoms in total. The summed E-state index contributed by atoms with van der Waals surface area (Å²) in [6, 6.07) is 4.88. The van der Waals surface area contributed by atoms with Crippen molar-refractivity contribution < 1.29 is 9.47 Å². The molecule has 0 aromatic heterocycles. The first-order chi connectivity index (χ1) is 8.83. The fraction of sp³-hybridized carbons (Fsp3) is 0.600. The van der Waals surface area contributed by atoms with E-state index in [1.165, 1.54) is 30.5 Å². The van der Waals surface area contributed by atoms with Crippen LogP contribution in [0.1, 0.15) is 24.0 Å². The lowest BCUT2D eigenvalue weighted by molar-refractivity contribution is 0.257. The molecule has 0 radical (unpaired) electrons. The van der Waals surface area contributed by atoms with Crippen LogP contribution < -0.4 is 14.8 Å². The smallest absolute Gasteiger partial charge is 0.164 e. The molecular weight excluding hydrogens is 226 g/mol. The average molecular weight is 247 g/mol. The molecule has 1 aliphatic heterocycles. The molecule has 1 aliphatic carbocycles. The van der Waals surface area contributed by atoms with Crippen molar-refractivity contribution in [3.8, 4) is 11.5 Å². The first kappa shape index (κ1) is 11.8. The third-order valence-electron chi connectivity index (χ3n) is 4.38. The molecule has 0 spiro atoms. The van der Waals surface area contributed by atoms with E-state index < -0.39 is 0 Å². The third kappa shape index (κ3) is 1.87. The monoisotopic (exact) mass is 247 g/mol. The van der Waals surface area contributed by atoms with Crippen molar-refractivity contribution in [2.75, 3.05) is 20.8 Å². The Hall–Kier alpha value is -1.22. The highest BCUT2D eigenvalue weighted by molar-refractivity contribution is 5.52. The minimum Gasteiger partial charge on any atom is -0.493 e. The molecule has 0 amide bonds. The molecule has 0 unspecified atom stereocenters. The maximum Gasteiger partial charge on any atom is 0.164 e. The summed E-state index contributed by atoms with van der Waals surface area (Å²) in [5.74, 6) is 2.56. The standard InChI is InChI=1S/C15H21NO2/c1-17-14-6-5-10-9-13-11(4-3-7-16-13)8-12(10)15(14)18-2/h5-6,11,13,16H,3-4,7-9H2,1-2H3/t11-,13-/m1/s1. The summed E-state index contributed by atoms with van der Waals surface area (Å²) in [5.41, 5.74) is 2.78. The second-order valence-electron chi connectivity index (χ2n) is 5.31. The lowest BCUT2D eigenvalue weighted by Gasteiger charge is -2.38. The van der Waals surface area contributed by atoms with Gasteiger partial charge < -0.3 is 14.8 Å². The predicted octanol–water partition coefficient (Wildman–Crippen LogP) is 2.17. The van der Waals surface area contributed by atoms with Crippen molar-refractivity contribution in [1.82, 2.24) is 5.32 Å². The van der Waals surface area contributed by atoms with Crippen molar-refractivity contribution in [1.29, 1.82) is 0 Å². The van der Waals surface area contributed by atoms with Crippen LogP contribution in [0.15, 0.2) is 12.1 Å². The van der Waals surface area contributed by atoms with Crippen molar-refractivity contribution in [2.24, 2.45) is 5.92 Å². The number of piperidine rings is 1. The molecule has 18 heavy (non-hydrogen) atoms. The number of methoxy groups -OCH3 is 2. The molecular formula is C15H21NO2. The van der Waals surface area contributed by atoms with Gasteiger partial charge in [-0.25, -0.2) is 0 Å². The Balaban J connectivity index is 1.99. The molecule has 2 aliphatic rings. The number of rotatable bonds is 2. The van der Waals surface area contributed by atoms with Gasteiger partial charge in [-0.3, -0.25) is 0 Å². The molecule has 3 rings (SSSR count). The minimum atomic E-state index is 0.657. The van der Waals surface area contributed by atoms with Gasteiger partial charge in [-0.1, -0.05) is 6.07 Å². The lowest BCUT2D eigenvalue weighted by Crippen LogP contribution is -2.46. The summed E-state index contributed by atoms with van der Waals surface area (Å²) in [6.45, 7) is 1.17. The van der Waals surface area contributed by atoms with Crippen LogP contribution >= 0.6 is 0 Å². The van der Waals surface area contributed by atoms with Gasteiger partial charge in [-0.15, -0.1) is 0 Å². The van der Waals surface area contributed by atoms with Gasteiger partial charge in [0.15, 0.2) is 11.5 Å². The van der Waals surface area contributed by atoms with Crippen LogP contribution in [-0.2, 0) is 12.8 Å². The molecule has 1 aromatic carbocycles. The molecule has 1 saturated heterocycles. The van der Waals surface area contributed by atoms with Gasteiger partial charge in [0.25, 0.3) is 0 Å².